The summed E-state index contributed by atoms with van der Waals surface area (Å²) in [6.07, 6.45) is 7.35. The number of fused-ring (bicyclic) bond motifs is 3. The average Bonchev–Trinajstić information content (AvgIpc) is 3.50. The minimum atomic E-state index is -0.745. The van der Waals surface area contributed by atoms with E-state index in [-0.39, 0.29) is 56.4 Å². The predicted molar refractivity (Wildman–Crippen MR) is 238 cm³/mol. The Bertz CT molecular complexity index is 1900. The van der Waals surface area contributed by atoms with Crippen molar-refractivity contribution in [1.29, 1.82) is 0 Å². The van der Waals surface area contributed by atoms with Gasteiger partial charge in [-0.1, -0.05) is 33.4 Å². The number of rotatable bonds is 7. The third kappa shape index (κ3) is 11.2. The van der Waals surface area contributed by atoms with Crippen LogP contribution in [0.25, 0.3) is 0 Å². The van der Waals surface area contributed by atoms with Crippen LogP contribution in [0, 0.1) is 0 Å². The van der Waals surface area contributed by atoms with Crippen molar-refractivity contribution < 1.29 is 42.9 Å². The molecule has 4 saturated heterocycles. The molecule has 0 aliphatic carbocycles. The molecule has 0 radical (unpaired) electrons. The van der Waals surface area contributed by atoms with Gasteiger partial charge in [-0.25, -0.2) is 14.4 Å². The number of carbonyl (C=O) groups excluding carboxylic acids is 4. The van der Waals surface area contributed by atoms with Gasteiger partial charge in [-0.15, -0.1) is 19.0 Å². The molecule has 1 unspecified atom stereocenters. The molecule has 5 heterocycles. The van der Waals surface area contributed by atoms with Crippen molar-refractivity contribution in [2.45, 2.75) is 110 Å². The van der Waals surface area contributed by atoms with Gasteiger partial charge in [0.2, 0.25) is 0 Å². The van der Waals surface area contributed by atoms with E-state index in [0.29, 0.717) is 62.6 Å². The SMILES string of the molecule is C.C=CCC.COc1cc(CN2C(=O)NC3(CCNCC3)C2=O)cc(OC)c1.COc1cc2c(c(OC)c1)C(C)C=C1N(C2)C(=O)NC12CCN(C(=O)OC(C)(C)C)CC2.Cl. The van der Waals surface area contributed by atoms with Crippen LogP contribution in [-0.4, -0.2) is 110 Å². The average molecular weight is 872 g/mol. The standard InChI is InChI=1S/C24H33N3O5.C16H21N3O4.C4H8.CH4.ClH/c1-15-11-19-24(7-9-26(10-8-24)22(29)32-23(2,3)4)25-21(28)27(19)14-16-12-17(30-5)13-18(31-6)20(15)16;1-22-12-7-11(8-13(9-12)23-2)10-19-14(20)16(18-15(19)21)3-5-17-6-4-16;1-3-4-2;;/h11-13,15H,7-10,14H2,1-6H3,(H,25,28);7-9,17H,3-6,10H2,1-2H3,(H,18,21);3H,1,4H2,2H3;1H4;1H. The molecule has 1 atom stereocenters. The minimum Gasteiger partial charge on any atom is -0.497 e. The topological polar surface area (TPSA) is 160 Å². The van der Waals surface area contributed by atoms with Crippen molar-refractivity contribution in [2.24, 2.45) is 0 Å². The van der Waals surface area contributed by atoms with E-state index in [2.05, 4.69) is 42.5 Å². The number of hydrogen-bond donors (Lipinski definition) is 3. The molecule has 2 aromatic carbocycles. The Balaban J connectivity index is 0.000000302. The summed E-state index contributed by atoms with van der Waals surface area (Å²) in [5.74, 6) is 2.63. The second kappa shape index (κ2) is 21.1. The van der Waals surface area contributed by atoms with Gasteiger partial charge in [0.25, 0.3) is 5.91 Å². The van der Waals surface area contributed by atoms with Gasteiger partial charge in [-0.2, -0.15) is 0 Å². The molecule has 5 aliphatic rings. The molecule has 15 nitrogen and oxygen atoms in total. The Hall–Kier alpha value is -5.15. The lowest BCUT2D eigenvalue weighted by Gasteiger charge is -2.40. The molecule has 16 heteroatoms. The van der Waals surface area contributed by atoms with E-state index < -0.39 is 16.7 Å². The number of carbonyl (C=O) groups is 4. The number of amides is 6. The van der Waals surface area contributed by atoms with Crippen LogP contribution in [0.4, 0.5) is 14.4 Å². The summed E-state index contributed by atoms with van der Waals surface area (Å²) < 4.78 is 27.1. The van der Waals surface area contributed by atoms with Gasteiger partial charge in [0.15, 0.2) is 0 Å². The quantitative estimate of drug-likeness (QED) is 0.188. The predicted octanol–water partition coefficient (Wildman–Crippen LogP) is 7.52. The fraction of sp³-hybridized carbons (Fsp3) is 0.556. The summed E-state index contributed by atoms with van der Waals surface area (Å²) in [7, 11) is 6.41. The molecule has 338 valence electrons. The second-order valence-corrected chi connectivity index (χ2v) is 16.4. The van der Waals surface area contributed by atoms with Gasteiger partial charge in [-0.3, -0.25) is 14.6 Å². The first-order valence-corrected chi connectivity index (χ1v) is 20.3. The number of benzene rings is 2. The van der Waals surface area contributed by atoms with E-state index in [4.69, 9.17) is 23.7 Å². The Morgan fingerprint density at radius 1 is 0.852 bits per heavy atom. The van der Waals surface area contributed by atoms with Crippen LogP contribution >= 0.6 is 12.4 Å². The smallest absolute Gasteiger partial charge is 0.410 e. The molecule has 61 heavy (non-hydrogen) atoms. The Morgan fingerprint density at radius 3 is 1.93 bits per heavy atom. The molecule has 3 N–H and O–H groups in total. The number of likely N-dealkylation sites (tertiary alicyclic amines) is 1. The molecule has 2 spiro atoms. The van der Waals surface area contributed by atoms with E-state index in [0.717, 1.165) is 47.6 Å². The van der Waals surface area contributed by atoms with Crippen LogP contribution < -0.4 is 34.9 Å². The van der Waals surface area contributed by atoms with Crippen LogP contribution in [0.5, 0.6) is 23.0 Å². The summed E-state index contributed by atoms with van der Waals surface area (Å²) in [6, 6.07) is 8.78. The Labute approximate surface area is 367 Å². The number of nitrogens with zero attached hydrogens (tertiary/aromatic N) is 3. The van der Waals surface area contributed by atoms with Gasteiger partial charge in [0.1, 0.15) is 34.1 Å². The van der Waals surface area contributed by atoms with Crippen molar-refractivity contribution in [3.05, 3.63) is 71.5 Å². The molecule has 0 aromatic heterocycles. The molecular formula is C45H67ClN6O9. The molecule has 2 aromatic rings. The minimum absolute atomic E-state index is 0. The third-order valence-corrected chi connectivity index (χ3v) is 11.2. The zero-order valence-electron chi connectivity index (χ0n) is 36.5. The van der Waals surface area contributed by atoms with Crippen molar-refractivity contribution in [1.82, 2.24) is 30.7 Å². The van der Waals surface area contributed by atoms with Gasteiger partial charge in [0, 0.05) is 42.4 Å². The van der Waals surface area contributed by atoms with Crippen molar-refractivity contribution in [3.63, 3.8) is 0 Å². The van der Waals surface area contributed by atoms with Gasteiger partial charge >= 0.3 is 18.2 Å². The van der Waals surface area contributed by atoms with Gasteiger partial charge in [0.05, 0.1) is 47.1 Å². The fourth-order valence-electron chi connectivity index (χ4n) is 8.12. The highest BCUT2D eigenvalue weighted by Crippen LogP contribution is 2.45. The van der Waals surface area contributed by atoms with Crippen LogP contribution in [0.3, 0.4) is 0 Å². The Morgan fingerprint density at radius 2 is 1.41 bits per heavy atom. The van der Waals surface area contributed by atoms with E-state index >= 15 is 0 Å². The third-order valence-electron chi connectivity index (χ3n) is 11.2. The van der Waals surface area contributed by atoms with E-state index in [1.807, 2.05) is 43.9 Å². The molecular weight excluding hydrogens is 804 g/mol. The first kappa shape index (κ1) is 50.2. The van der Waals surface area contributed by atoms with E-state index in [9.17, 15) is 19.2 Å². The highest BCUT2D eigenvalue weighted by molar-refractivity contribution is 6.07. The molecule has 4 fully saturated rings. The second-order valence-electron chi connectivity index (χ2n) is 16.4. The zero-order valence-corrected chi connectivity index (χ0v) is 37.3. The lowest BCUT2D eigenvalue weighted by Crippen LogP contribution is -2.53. The first-order valence-electron chi connectivity index (χ1n) is 20.3. The number of methoxy groups -OCH3 is 4. The van der Waals surface area contributed by atoms with Crippen molar-refractivity contribution in [2.75, 3.05) is 54.6 Å². The zero-order chi connectivity index (χ0) is 43.1. The summed E-state index contributed by atoms with van der Waals surface area (Å²) >= 11 is 0. The number of hydrogen-bond acceptors (Lipinski definition) is 10. The van der Waals surface area contributed by atoms with Crippen LogP contribution in [0.15, 0.2) is 54.8 Å². The number of halogens is 1. The molecule has 6 amide bonds. The number of piperidine rings is 2. The van der Waals surface area contributed by atoms with Gasteiger partial charge in [-0.05, 0) is 95.3 Å². The summed E-state index contributed by atoms with van der Waals surface area (Å²) in [4.78, 5) is 55.5. The molecule has 5 aliphatic heterocycles. The van der Waals surface area contributed by atoms with Gasteiger partial charge < -0.3 is 44.5 Å². The lowest BCUT2D eigenvalue weighted by atomic mass is 9.83. The maximum Gasteiger partial charge on any atom is 0.410 e. The number of urea groups is 2. The van der Waals surface area contributed by atoms with E-state index in [1.165, 1.54) is 4.90 Å². The fourth-order valence-corrected chi connectivity index (χ4v) is 8.12. The molecule has 0 bridgehead atoms. The van der Waals surface area contributed by atoms with Crippen molar-refractivity contribution >= 4 is 36.5 Å². The normalized spacial score (nSPS) is 19.4. The van der Waals surface area contributed by atoms with Crippen LogP contribution in [0.1, 0.15) is 96.8 Å². The van der Waals surface area contributed by atoms with Crippen LogP contribution in [0.2, 0.25) is 0 Å². The Kier molecular flexibility index (Phi) is 17.4. The number of allylic oxidation sites excluding steroid dienone is 2. The van der Waals surface area contributed by atoms with Crippen LogP contribution in [-0.2, 0) is 22.6 Å². The largest absolute Gasteiger partial charge is 0.497 e. The summed E-state index contributed by atoms with van der Waals surface area (Å²) in [5, 5.41) is 9.33. The summed E-state index contributed by atoms with van der Waals surface area (Å²) in [6.45, 7) is 16.4. The monoisotopic (exact) mass is 870 g/mol. The number of ether oxygens (including phenoxy) is 5. The molecule has 7 rings (SSSR count). The maximum atomic E-state index is 13.1. The highest BCUT2D eigenvalue weighted by Gasteiger charge is 2.52. The number of nitrogens with one attached hydrogen (secondary N) is 3. The lowest BCUT2D eigenvalue weighted by molar-refractivity contribution is -0.132. The first-order chi connectivity index (χ1) is 28.1. The molecule has 0 saturated carbocycles. The van der Waals surface area contributed by atoms with Crippen molar-refractivity contribution in [3.8, 4) is 23.0 Å². The number of imide groups is 1. The maximum absolute atomic E-state index is 13.1. The van der Waals surface area contributed by atoms with E-state index in [1.54, 1.807) is 51.5 Å². The highest BCUT2D eigenvalue weighted by atomic mass is 35.5. The summed E-state index contributed by atoms with van der Waals surface area (Å²) in [5.41, 5.74) is 2.10.